The molecule has 29 heavy (non-hydrogen) atoms. The van der Waals surface area contributed by atoms with Gasteiger partial charge in [-0.3, -0.25) is 9.36 Å². The Kier molecular flexibility index (Phi) is 6.30. The lowest BCUT2D eigenvalue weighted by Gasteiger charge is -2.35. The van der Waals surface area contributed by atoms with Crippen LogP contribution in [-0.4, -0.2) is 43.9 Å². The third-order valence-corrected chi connectivity index (χ3v) is 6.34. The highest BCUT2D eigenvalue weighted by Crippen LogP contribution is 2.29. The van der Waals surface area contributed by atoms with Gasteiger partial charge in [-0.25, -0.2) is 0 Å². The van der Waals surface area contributed by atoms with Gasteiger partial charge in [-0.05, 0) is 37.8 Å². The summed E-state index contributed by atoms with van der Waals surface area (Å²) >= 11 is 1.47. The Hall–Kier alpha value is -2.60. The molecule has 150 valence electrons. The van der Waals surface area contributed by atoms with Crippen LogP contribution in [0.3, 0.4) is 0 Å². The topological polar surface area (TPSA) is 51.0 Å². The van der Waals surface area contributed by atoms with Gasteiger partial charge >= 0.3 is 0 Å². The lowest BCUT2D eigenvalue weighted by Crippen LogP contribution is -2.44. The van der Waals surface area contributed by atoms with E-state index < -0.39 is 0 Å². The van der Waals surface area contributed by atoms with Crippen molar-refractivity contribution in [2.75, 3.05) is 12.3 Å². The molecule has 1 aromatic heterocycles. The predicted molar refractivity (Wildman–Crippen MR) is 117 cm³/mol. The van der Waals surface area contributed by atoms with Crippen LogP contribution in [-0.2, 0) is 4.79 Å². The number of aromatic nitrogens is 3. The van der Waals surface area contributed by atoms with Crippen molar-refractivity contribution in [3.05, 3.63) is 60.7 Å². The standard InChI is InChI=1S/C23H26N4OS/c1-2-19-13-9-10-16-26(19)21(28)17-29-23-25-24-22(18-11-5-3-6-12-18)27(23)20-14-7-4-8-15-20/h3-8,11-12,14-15,19H,2,9-10,13,16-17H2,1H3/t19-/m1/s1. The van der Waals surface area contributed by atoms with Gasteiger partial charge in [0.05, 0.1) is 5.75 Å². The molecular formula is C23H26N4OS. The molecule has 3 aromatic rings. The summed E-state index contributed by atoms with van der Waals surface area (Å²) in [7, 11) is 0. The van der Waals surface area contributed by atoms with Gasteiger partial charge in [-0.1, -0.05) is 67.2 Å². The van der Waals surface area contributed by atoms with Crippen molar-refractivity contribution in [1.82, 2.24) is 19.7 Å². The molecule has 1 aliphatic rings. The molecular weight excluding hydrogens is 380 g/mol. The highest BCUT2D eigenvalue weighted by atomic mass is 32.2. The molecule has 6 heteroatoms. The van der Waals surface area contributed by atoms with Crippen molar-refractivity contribution < 1.29 is 4.79 Å². The molecule has 1 aliphatic heterocycles. The number of para-hydroxylation sites is 1. The number of carbonyl (C=O) groups excluding carboxylic acids is 1. The Labute approximate surface area is 176 Å². The lowest BCUT2D eigenvalue weighted by molar-refractivity contribution is -0.132. The zero-order valence-corrected chi connectivity index (χ0v) is 17.5. The van der Waals surface area contributed by atoms with Gasteiger partial charge in [-0.15, -0.1) is 10.2 Å². The monoisotopic (exact) mass is 406 g/mol. The zero-order valence-electron chi connectivity index (χ0n) is 16.7. The second-order valence-electron chi connectivity index (χ2n) is 7.28. The van der Waals surface area contributed by atoms with Crippen molar-refractivity contribution in [3.8, 4) is 17.1 Å². The van der Waals surface area contributed by atoms with Crippen LogP contribution >= 0.6 is 11.8 Å². The molecule has 0 spiro atoms. The van der Waals surface area contributed by atoms with E-state index in [1.807, 2.05) is 65.2 Å². The third kappa shape index (κ3) is 4.37. The third-order valence-electron chi connectivity index (χ3n) is 5.42. The second kappa shape index (κ2) is 9.27. The number of nitrogens with zero attached hydrogens (tertiary/aromatic N) is 4. The van der Waals surface area contributed by atoms with Crippen LogP contribution < -0.4 is 0 Å². The van der Waals surface area contributed by atoms with Crippen molar-refractivity contribution >= 4 is 17.7 Å². The first-order valence-electron chi connectivity index (χ1n) is 10.3. The van der Waals surface area contributed by atoms with Crippen molar-refractivity contribution in [2.45, 2.75) is 43.8 Å². The Morgan fingerprint density at radius 1 is 1.03 bits per heavy atom. The maximum atomic E-state index is 12.9. The minimum absolute atomic E-state index is 0.199. The Morgan fingerprint density at radius 3 is 2.48 bits per heavy atom. The van der Waals surface area contributed by atoms with Gasteiger partial charge in [0.25, 0.3) is 0 Å². The summed E-state index contributed by atoms with van der Waals surface area (Å²) in [6, 6.07) is 20.5. The molecule has 4 rings (SSSR count). The van der Waals surface area contributed by atoms with Gasteiger partial charge in [0.1, 0.15) is 0 Å². The molecule has 1 fully saturated rings. The first-order chi connectivity index (χ1) is 14.3. The number of benzene rings is 2. The molecule has 0 saturated carbocycles. The summed E-state index contributed by atoms with van der Waals surface area (Å²) in [6.07, 6.45) is 4.46. The molecule has 1 atom stereocenters. The number of hydrogen-bond donors (Lipinski definition) is 0. The molecule has 2 heterocycles. The molecule has 0 radical (unpaired) electrons. The van der Waals surface area contributed by atoms with Gasteiger partial charge in [0.15, 0.2) is 11.0 Å². The van der Waals surface area contributed by atoms with E-state index in [2.05, 4.69) is 22.0 Å². The summed E-state index contributed by atoms with van der Waals surface area (Å²) in [5, 5.41) is 9.63. The Bertz CT molecular complexity index is 942. The summed E-state index contributed by atoms with van der Waals surface area (Å²) in [5.41, 5.74) is 2.00. The van der Waals surface area contributed by atoms with E-state index >= 15 is 0 Å². The number of thioether (sulfide) groups is 1. The van der Waals surface area contributed by atoms with Crippen molar-refractivity contribution in [2.24, 2.45) is 0 Å². The largest absolute Gasteiger partial charge is 0.339 e. The highest BCUT2D eigenvalue weighted by molar-refractivity contribution is 7.99. The summed E-state index contributed by atoms with van der Waals surface area (Å²) in [6.45, 7) is 3.04. The fourth-order valence-electron chi connectivity index (χ4n) is 3.91. The van der Waals surface area contributed by atoms with E-state index in [-0.39, 0.29) is 5.91 Å². The van der Waals surface area contributed by atoms with E-state index in [1.54, 1.807) is 0 Å². The average Bonchev–Trinajstić information content (AvgIpc) is 3.22. The smallest absolute Gasteiger partial charge is 0.233 e. The van der Waals surface area contributed by atoms with Gasteiger partial charge in [0.2, 0.25) is 5.91 Å². The number of amides is 1. The summed E-state index contributed by atoms with van der Waals surface area (Å²) in [5.74, 6) is 1.37. The Balaban J connectivity index is 1.59. The molecule has 0 aliphatic carbocycles. The quantitative estimate of drug-likeness (QED) is 0.551. The minimum atomic E-state index is 0.199. The van der Waals surface area contributed by atoms with Crippen molar-refractivity contribution in [3.63, 3.8) is 0 Å². The van der Waals surface area contributed by atoms with E-state index in [0.717, 1.165) is 48.0 Å². The molecule has 1 saturated heterocycles. The fraction of sp³-hybridized carbons (Fsp3) is 0.348. The first kappa shape index (κ1) is 19.7. The number of rotatable bonds is 6. The van der Waals surface area contributed by atoms with Crippen LogP contribution in [0, 0.1) is 0 Å². The zero-order chi connectivity index (χ0) is 20.1. The Morgan fingerprint density at radius 2 is 1.76 bits per heavy atom. The van der Waals surface area contributed by atoms with Gasteiger partial charge < -0.3 is 4.90 Å². The summed E-state index contributed by atoms with van der Waals surface area (Å²) in [4.78, 5) is 15.0. The number of carbonyl (C=O) groups is 1. The normalized spacial score (nSPS) is 16.7. The van der Waals surface area contributed by atoms with E-state index in [9.17, 15) is 4.79 Å². The average molecular weight is 407 g/mol. The van der Waals surface area contributed by atoms with E-state index in [4.69, 9.17) is 0 Å². The predicted octanol–water partition coefficient (Wildman–Crippen LogP) is 4.82. The fourth-order valence-corrected chi connectivity index (χ4v) is 4.75. The molecule has 0 unspecified atom stereocenters. The van der Waals surface area contributed by atoms with Crippen LogP contribution in [0.15, 0.2) is 65.8 Å². The maximum Gasteiger partial charge on any atom is 0.233 e. The number of hydrogen-bond acceptors (Lipinski definition) is 4. The highest BCUT2D eigenvalue weighted by Gasteiger charge is 2.26. The van der Waals surface area contributed by atoms with Gasteiger partial charge in [-0.2, -0.15) is 0 Å². The first-order valence-corrected chi connectivity index (χ1v) is 11.2. The molecule has 0 N–H and O–H groups in total. The SMILES string of the molecule is CC[C@@H]1CCCCN1C(=O)CSc1nnc(-c2ccccc2)n1-c1ccccc1. The van der Waals surface area contributed by atoms with Crippen LogP contribution in [0.1, 0.15) is 32.6 Å². The van der Waals surface area contributed by atoms with E-state index in [0.29, 0.717) is 11.8 Å². The number of likely N-dealkylation sites (tertiary alicyclic amines) is 1. The number of piperidine rings is 1. The lowest BCUT2D eigenvalue weighted by atomic mass is 10.0. The molecule has 1 amide bonds. The summed E-state index contributed by atoms with van der Waals surface area (Å²) < 4.78 is 2.04. The van der Waals surface area contributed by atoms with Crippen LogP contribution in [0.5, 0.6) is 0 Å². The maximum absolute atomic E-state index is 12.9. The molecule has 5 nitrogen and oxygen atoms in total. The molecule has 0 bridgehead atoms. The van der Waals surface area contributed by atoms with E-state index in [1.165, 1.54) is 18.2 Å². The van der Waals surface area contributed by atoms with Gasteiger partial charge in [0, 0.05) is 23.8 Å². The van der Waals surface area contributed by atoms with Crippen molar-refractivity contribution in [1.29, 1.82) is 0 Å². The second-order valence-corrected chi connectivity index (χ2v) is 8.22. The minimum Gasteiger partial charge on any atom is -0.339 e. The van der Waals surface area contributed by atoms with Crippen LogP contribution in [0.4, 0.5) is 0 Å². The molecule has 2 aromatic carbocycles. The van der Waals surface area contributed by atoms with Crippen LogP contribution in [0.2, 0.25) is 0 Å². The van der Waals surface area contributed by atoms with Crippen LogP contribution in [0.25, 0.3) is 17.1 Å².